The van der Waals surface area contributed by atoms with Crippen LogP contribution in [0.25, 0.3) is 65.7 Å². The quantitative estimate of drug-likeness (QED) is 0.199. The van der Waals surface area contributed by atoms with Crippen LogP contribution in [0.15, 0.2) is 180 Å². The highest BCUT2D eigenvalue weighted by atomic mass is 16.3. The number of anilines is 3. The van der Waals surface area contributed by atoms with Crippen molar-refractivity contribution in [2.75, 3.05) is 4.90 Å². The van der Waals surface area contributed by atoms with E-state index in [-0.39, 0.29) is 0 Å². The van der Waals surface area contributed by atoms with Gasteiger partial charge in [0.1, 0.15) is 11.2 Å². The summed E-state index contributed by atoms with van der Waals surface area (Å²) in [6.45, 7) is 0. The number of hydrogen-bond acceptors (Lipinski definition) is 2. The van der Waals surface area contributed by atoms with Crippen LogP contribution in [-0.4, -0.2) is 0 Å². The van der Waals surface area contributed by atoms with Crippen molar-refractivity contribution in [3.05, 3.63) is 176 Å². The van der Waals surface area contributed by atoms with E-state index in [1.165, 1.54) is 43.8 Å². The Labute approximate surface area is 267 Å². The third-order valence-corrected chi connectivity index (χ3v) is 9.02. The largest absolute Gasteiger partial charge is 0.456 e. The fraction of sp³-hybridized carbons (Fsp3) is 0. The number of benzene rings is 8. The highest BCUT2D eigenvalue weighted by molar-refractivity contribution is 6.10. The van der Waals surface area contributed by atoms with Crippen molar-refractivity contribution in [3.8, 4) is 22.3 Å². The molecule has 0 amide bonds. The van der Waals surface area contributed by atoms with Gasteiger partial charge >= 0.3 is 0 Å². The Bertz CT molecular complexity index is 2510. The topological polar surface area (TPSA) is 16.4 Å². The van der Waals surface area contributed by atoms with Crippen molar-refractivity contribution in [2.24, 2.45) is 0 Å². The maximum atomic E-state index is 6.13. The third kappa shape index (κ3) is 4.60. The number of fused-ring (bicyclic) bond motifs is 5. The Morgan fingerprint density at radius 3 is 1.65 bits per heavy atom. The Morgan fingerprint density at radius 1 is 0.304 bits per heavy atom. The SMILES string of the molecule is c1ccc(-c2ccc(N(c3ccc(-c4ccc5cc6oc7ccccc7c6cc5c4)cc3)c3ccc4ccccc4c3)cc2)cc1. The van der Waals surface area contributed by atoms with Crippen LogP contribution in [0.5, 0.6) is 0 Å². The van der Waals surface area contributed by atoms with Crippen molar-refractivity contribution in [1.82, 2.24) is 0 Å². The Hall–Kier alpha value is -6.12. The first-order valence-corrected chi connectivity index (χ1v) is 15.7. The maximum Gasteiger partial charge on any atom is 0.136 e. The molecule has 2 nitrogen and oxygen atoms in total. The van der Waals surface area contributed by atoms with Crippen LogP contribution in [0.3, 0.4) is 0 Å². The molecular formula is C44H29NO. The summed E-state index contributed by atoms with van der Waals surface area (Å²) in [5.41, 5.74) is 9.99. The van der Waals surface area contributed by atoms with E-state index < -0.39 is 0 Å². The molecule has 46 heavy (non-hydrogen) atoms. The first-order valence-electron chi connectivity index (χ1n) is 15.7. The lowest BCUT2D eigenvalue weighted by Gasteiger charge is -2.26. The predicted octanol–water partition coefficient (Wildman–Crippen LogP) is 12.7. The summed E-state index contributed by atoms with van der Waals surface area (Å²) in [6.07, 6.45) is 0. The normalized spacial score (nSPS) is 11.5. The van der Waals surface area contributed by atoms with Gasteiger partial charge in [-0.25, -0.2) is 0 Å². The Morgan fingerprint density at radius 2 is 0.870 bits per heavy atom. The van der Waals surface area contributed by atoms with Gasteiger partial charge in [-0.2, -0.15) is 0 Å². The lowest BCUT2D eigenvalue weighted by molar-refractivity contribution is 0.669. The van der Waals surface area contributed by atoms with Crippen molar-refractivity contribution >= 4 is 60.5 Å². The molecule has 0 bridgehead atoms. The molecule has 0 N–H and O–H groups in total. The number of nitrogens with zero attached hydrogens (tertiary/aromatic N) is 1. The molecule has 0 atom stereocenters. The van der Waals surface area contributed by atoms with Gasteiger partial charge < -0.3 is 9.32 Å². The Balaban J connectivity index is 1.11. The van der Waals surface area contributed by atoms with Crippen LogP contribution >= 0.6 is 0 Å². The minimum Gasteiger partial charge on any atom is -0.456 e. The molecule has 9 rings (SSSR count). The van der Waals surface area contributed by atoms with Crippen molar-refractivity contribution < 1.29 is 4.42 Å². The molecule has 0 aliphatic rings. The summed E-state index contributed by atoms with van der Waals surface area (Å²) < 4.78 is 6.13. The van der Waals surface area contributed by atoms with Gasteiger partial charge in [0.05, 0.1) is 0 Å². The Kier molecular flexibility index (Phi) is 6.17. The minimum atomic E-state index is 0.925. The molecule has 1 aromatic heterocycles. The lowest BCUT2D eigenvalue weighted by Crippen LogP contribution is -2.09. The second kappa shape index (κ2) is 10.8. The summed E-state index contributed by atoms with van der Waals surface area (Å²) >= 11 is 0. The average molecular weight is 588 g/mol. The highest BCUT2D eigenvalue weighted by Crippen LogP contribution is 2.39. The van der Waals surface area contributed by atoms with Gasteiger partial charge in [0.2, 0.25) is 0 Å². The molecule has 0 spiro atoms. The van der Waals surface area contributed by atoms with Crippen LogP contribution in [0.4, 0.5) is 17.1 Å². The molecule has 0 saturated heterocycles. The average Bonchev–Trinajstić information content (AvgIpc) is 3.49. The zero-order chi connectivity index (χ0) is 30.5. The first-order chi connectivity index (χ1) is 22.8. The summed E-state index contributed by atoms with van der Waals surface area (Å²) in [7, 11) is 0. The van der Waals surface area contributed by atoms with Gasteiger partial charge in [0, 0.05) is 27.8 Å². The van der Waals surface area contributed by atoms with Crippen LogP contribution in [0.2, 0.25) is 0 Å². The van der Waals surface area contributed by atoms with Crippen LogP contribution in [-0.2, 0) is 0 Å². The molecule has 2 heteroatoms. The zero-order valence-corrected chi connectivity index (χ0v) is 25.1. The number of hydrogen-bond donors (Lipinski definition) is 0. The summed E-state index contributed by atoms with van der Waals surface area (Å²) in [6, 6.07) is 62.9. The molecule has 0 fully saturated rings. The zero-order valence-electron chi connectivity index (χ0n) is 25.1. The van der Waals surface area contributed by atoms with E-state index in [0.717, 1.165) is 39.0 Å². The molecule has 8 aromatic carbocycles. The minimum absolute atomic E-state index is 0.925. The monoisotopic (exact) mass is 587 g/mol. The van der Waals surface area contributed by atoms with E-state index in [1.807, 2.05) is 12.1 Å². The van der Waals surface area contributed by atoms with Crippen LogP contribution < -0.4 is 4.90 Å². The van der Waals surface area contributed by atoms with Gasteiger partial charge in [-0.05, 0) is 104 Å². The number of para-hydroxylation sites is 1. The second-order valence-corrected chi connectivity index (χ2v) is 11.8. The van der Waals surface area contributed by atoms with E-state index in [0.29, 0.717) is 0 Å². The van der Waals surface area contributed by atoms with Crippen molar-refractivity contribution in [2.45, 2.75) is 0 Å². The van der Waals surface area contributed by atoms with Crippen LogP contribution in [0.1, 0.15) is 0 Å². The summed E-state index contributed by atoms with van der Waals surface area (Å²) in [5.74, 6) is 0. The van der Waals surface area contributed by atoms with Gasteiger partial charge in [0.25, 0.3) is 0 Å². The molecule has 216 valence electrons. The standard InChI is InChI=1S/C44H29NO/c1-2-8-30(9-3-1)32-16-21-38(22-17-32)45(40-25-20-31-10-4-5-11-34(31)27-40)39-23-18-33(19-24-39)35-14-15-36-29-44-42(28-37(36)26-35)41-12-6-7-13-43(41)46-44/h1-29H. The van der Waals surface area contributed by atoms with E-state index in [2.05, 4.69) is 169 Å². The molecular weight excluding hydrogens is 558 g/mol. The van der Waals surface area contributed by atoms with E-state index in [9.17, 15) is 0 Å². The van der Waals surface area contributed by atoms with Crippen molar-refractivity contribution in [3.63, 3.8) is 0 Å². The van der Waals surface area contributed by atoms with Gasteiger partial charge in [-0.3, -0.25) is 0 Å². The molecule has 1 heterocycles. The molecule has 0 aliphatic heterocycles. The molecule has 0 radical (unpaired) electrons. The predicted molar refractivity (Wildman–Crippen MR) is 194 cm³/mol. The lowest BCUT2D eigenvalue weighted by atomic mass is 9.99. The van der Waals surface area contributed by atoms with Crippen molar-refractivity contribution in [1.29, 1.82) is 0 Å². The maximum absolute atomic E-state index is 6.13. The summed E-state index contributed by atoms with van der Waals surface area (Å²) in [4.78, 5) is 2.34. The number of rotatable bonds is 5. The van der Waals surface area contributed by atoms with Crippen LogP contribution in [0, 0.1) is 0 Å². The van der Waals surface area contributed by atoms with Gasteiger partial charge in [0.15, 0.2) is 0 Å². The first kappa shape index (κ1) is 26.3. The molecule has 0 unspecified atom stereocenters. The molecule has 0 saturated carbocycles. The van der Waals surface area contributed by atoms with Gasteiger partial charge in [-0.15, -0.1) is 0 Å². The van der Waals surface area contributed by atoms with E-state index in [4.69, 9.17) is 4.42 Å². The van der Waals surface area contributed by atoms with E-state index >= 15 is 0 Å². The smallest absolute Gasteiger partial charge is 0.136 e. The molecule has 0 aliphatic carbocycles. The molecule has 9 aromatic rings. The number of furan rings is 1. The second-order valence-electron chi connectivity index (χ2n) is 11.8. The summed E-state index contributed by atoms with van der Waals surface area (Å²) in [5, 5.41) is 7.14. The fourth-order valence-electron chi connectivity index (χ4n) is 6.65. The van der Waals surface area contributed by atoms with Gasteiger partial charge in [-0.1, -0.05) is 115 Å². The highest BCUT2D eigenvalue weighted by Gasteiger charge is 2.15. The fourth-order valence-corrected chi connectivity index (χ4v) is 6.65. The third-order valence-electron chi connectivity index (χ3n) is 9.02. The van der Waals surface area contributed by atoms with E-state index in [1.54, 1.807) is 0 Å².